The smallest absolute Gasteiger partial charge is 0.191 e. The first kappa shape index (κ1) is 17.9. The highest BCUT2D eigenvalue weighted by Gasteiger charge is 2.01. The summed E-state index contributed by atoms with van der Waals surface area (Å²) in [7, 11) is 1.69. The zero-order chi connectivity index (χ0) is 18.2. The van der Waals surface area contributed by atoms with Gasteiger partial charge in [0.2, 0.25) is 0 Å². The van der Waals surface area contributed by atoms with E-state index in [9.17, 15) is 0 Å². The second kappa shape index (κ2) is 8.94. The van der Waals surface area contributed by atoms with Gasteiger partial charge in [-0.2, -0.15) is 0 Å². The third-order valence-electron chi connectivity index (χ3n) is 4.20. The molecule has 0 saturated heterocycles. The maximum absolute atomic E-state index is 5.28. The Morgan fingerprint density at radius 3 is 2.58 bits per heavy atom. The zero-order valence-corrected chi connectivity index (χ0v) is 15.4. The SMILES string of the molecule is CCNC(=NCc1ccc2cc(OC)ccc2c1)NCCn1cccc1. The first-order valence-electron chi connectivity index (χ1n) is 8.98. The van der Waals surface area contributed by atoms with Crippen LogP contribution in [0.15, 0.2) is 65.9 Å². The molecule has 5 nitrogen and oxygen atoms in total. The number of nitrogens with zero attached hydrogens (tertiary/aromatic N) is 2. The third kappa shape index (κ3) is 4.79. The largest absolute Gasteiger partial charge is 0.497 e. The molecule has 0 radical (unpaired) electrons. The van der Waals surface area contributed by atoms with E-state index in [0.29, 0.717) is 6.54 Å². The number of nitrogens with one attached hydrogen (secondary N) is 2. The summed E-state index contributed by atoms with van der Waals surface area (Å²) in [4.78, 5) is 4.70. The van der Waals surface area contributed by atoms with Gasteiger partial charge in [0.15, 0.2) is 5.96 Å². The van der Waals surface area contributed by atoms with Crippen LogP contribution in [0.1, 0.15) is 12.5 Å². The molecule has 0 atom stereocenters. The Kier molecular flexibility index (Phi) is 6.14. The minimum atomic E-state index is 0.640. The number of aliphatic imine (C=N–C) groups is 1. The summed E-state index contributed by atoms with van der Waals surface area (Å²) in [6.07, 6.45) is 4.13. The number of rotatable bonds is 7. The molecule has 5 heteroatoms. The summed E-state index contributed by atoms with van der Waals surface area (Å²) in [5.74, 6) is 1.72. The molecule has 0 aliphatic carbocycles. The monoisotopic (exact) mass is 350 g/mol. The Morgan fingerprint density at radius 1 is 1.04 bits per heavy atom. The Balaban J connectivity index is 1.63. The van der Waals surface area contributed by atoms with Crippen LogP contribution in [0.3, 0.4) is 0 Å². The van der Waals surface area contributed by atoms with Crippen molar-refractivity contribution in [3.63, 3.8) is 0 Å². The average molecular weight is 350 g/mol. The van der Waals surface area contributed by atoms with Crippen molar-refractivity contribution >= 4 is 16.7 Å². The van der Waals surface area contributed by atoms with Crippen LogP contribution in [0, 0.1) is 0 Å². The molecular weight excluding hydrogens is 324 g/mol. The quantitative estimate of drug-likeness (QED) is 0.507. The van der Waals surface area contributed by atoms with E-state index in [2.05, 4.69) is 64.8 Å². The van der Waals surface area contributed by atoms with Crippen LogP contribution in [-0.4, -0.2) is 30.7 Å². The van der Waals surface area contributed by atoms with E-state index >= 15 is 0 Å². The van der Waals surface area contributed by atoms with Gasteiger partial charge in [0.1, 0.15) is 5.75 Å². The van der Waals surface area contributed by atoms with Crippen molar-refractivity contribution in [2.45, 2.75) is 20.0 Å². The Morgan fingerprint density at radius 2 is 1.81 bits per heavy atom. The molecule has 2 N–H and O–H groups in total. The van der Waals surface area contributed by atoms with Crippen molar-refractivity contribution < 1.29 is 4.74 Å². The van der Waals surface area contributed by atoms with Crippen molar-refractivity contribution in [2.24, 2.45) is 4.99 Å². The highest BCUT2D eigenvalue weighted by molar-refractivity contribution is 5.84. The van der Waals surface area contributed by atoms with Crippen LogP contribution >= 0.6 is 0 Å². The van der Waals surface area contributed by atoms with Gasteiger partial charge in [0.25, 0.3) is 0 Å². The molecule has 0 bridgehead atoms. The molecule has 26 heavy (non-hydrogen) atoms. The summed E-state index contributed by atoms with van der Waals surface area (Å²) in [6, 6.07) is 16.6. The van der Waals surface area contributed by atoms with Gasteiger partial charge < -0.3 is 19.9 Å². The summed E-state index contributed by atoms with van der Waals surface area (Å²) >= 11 is 0. The number of aromatic nitrogens is 1. The molecular formula is C21H26N4O. The van der Waals surface area contributed by atoms with Crippen LogP contribution < -0.4 is 15.4 Å². The van der Waals surface area contributed by atoms with Gasteiger partial charge in [0.05, 0.1) is 13.7 Å². The lowest BCUT2D eigenvalue weighted by Crippen LogP contribution is -2.38. The summed E-state index contributed by atoms with van der Waals surface area (Å²) in [6.45, 7) is 5.30. The molecule has 1 aromatic heterocycles. The second-order valence-corrected chi connectivity index (χ2v) is 6.09. The lowest BCUT2D eigenvalue weighted by atomic mass is 10.1. The highest BCUT2D eigenvalue weighted by Crippen LogP contribution is 2.22. The van der Waals surface area contributed by atoms with Gasteiger partial charge in [-0.15, -0.1) is 0 Å². The van der Waals surface area contributed by atoms with E-state index in [4.69, 9.17) is 9.73 Å². The molecule has 3 rings (SSSR count). The second-order valence-electron chi connectivity index (χ2n) is 6.09. The first-order chi connectivity index (χ1) is 12.8. The fourth-order valence-electron chi connectivity index (χ4n) is 2.83. The van der Waals surface area contributed by atoms with Crippen LogP contribution in [0.2, 0.25) is 0 Å². The molecule has 136 valence electrons. The van der Waals surface area contributed by atoms with E-state index < -0.39 is 0 Å². The van der Waals surface area contributed by atoms with Crippen LogP contribution in [0.4, 0.5) is 0 Å². The average Bonchev–Trinajstić information content (AvgIpc) is 3.19. The van der Waals surface area contributed by atoms with Gasteiger partial charge in [-0.1, -0.05) is 18.2 Å². The van der Waals surface area contributed by atoms with Crippen molar-refractivity contribution in [3.05, 3.63) is 66.5 Å². The maximum Gasteiger partial charge on any atom is 0.191 e. The van der Waals surface area contributed by atoms with Crippen LogP contribution in [0.25, 0.3) is 10.8 Å². The van der Waals surface area contributed by atoms with Gasteiger partial charge in [-0.3, -0.25) is 0 Å². The normalized spacial score (nSPS) is 11.5. The molecule has 2 aromatic carbocycles. The van der Waals surface area contributed by atoms with Crippen molar-refractivity contribution in [1.29, 1.82) is 0 Å². The Hall–Kier alpha value is -2.95. The molecule has 0 aliphatic rings. The van der Waals surface area contributed by atoms with Crippen molar-refractivity contribution in [1.82, 2.24) is 15.2 Å². The molecule has 1 heterocycles. The van der Waals surface area contributed by atoms with Gasteiger partial charge in [-0.05, 0) is 53.6 Å². The van der Waals surface area contributed by atoms with Gasteiger partial charge in [0, 0.05) is 32.0 Å². The Labute approximate surface area is 154 Å². The predicted octanol–water partition coefficient (Wildman–Crippen LogP) is 3.41. The van der Waals surface area contributed by atoms with E-state index in [1.807, 2.05) is 18.2 Å². The minimum Gasteiger partial charge on any atom is -0.497 e. The van der Waals surface area contributed by atoms with E-state index in [-0.39, 0.29) is 0 Å². The first-order valence-corrected chi connectivity index (χ1v) is 8.98. The summed E-state index contributed by atoms with van der Waals surface area (Å²) in [5.41, 5.74) is 1.19. The van der Waals surface area contributed by atoms with Gasteiger partial charge in [-0.25, -0.2) is 4.99 Å². The Bertz CT molecular complexity index is 856. The third-order valence-corrected chi connectivity index (χ3v) is 4.20. The van der Waals surface area contributed by atoms with E-state index in [1.165, 1.54) is 16.3 Å². The number of ether oxygens (including phenoxy) is 1. The van der Waals surface area contributed by atoms with Gasteiger partial charge >= 0.3 is 0 Å². The number of guanidine groups is 1. The van der Waals surface area contributed by atoms with E-state index in [1.54, 1.807) is 7.11 Å². The lowest BCUT2D eigenvalue weighted by Gasteiger charge is -2.12. The van der Waals surface area contributed by atoms with Crippen molar-refractivity contribution in [3.8, 4) is 5.75 Å². The fourth-order valence-corrected chi connectivity index (χ4v) is 2.83. The van der Waals surface area contributed by atoms with Crippen LogP contribution in [0.5, 0.6) is 5.75 Å². The van der Waals surface area contributed by atoms with E-state index in [0.717, 1.165) is 31.3 Å². The molecule has 0 amide bonds. The number of hydrogen-bond acceptors (Lipinski definition) is 2. The standard InChI is InChI=1S/C21H26N4O/c1-3-22-21(23-10-13-25-11-4-5-12-25)24-16-17-6-7-19-15-20(26-2)9-8-18(19)14-17/h4-9,11-12,14-15H,3,10,13,16H2,1-2H3,(H2,22,23,24). The molecule has 0 saturated carbocycles. The highest BCUT2D eigenvalue weighted by atomic mass is 16.5. The molecule has 0 spiro atoms. The lowest BCUT2D eigenvalue weighted by molar-refractivity contribution is 0.415. The summed E-state index contributed by atoms with van der Waals surface area (Å²) < 4.78 is 7.43. The number of methoxy groups -OCH3 is 1. The molecule has 0 unspecified atom stereocenters. The van der Waals surface area contributed by atoms with Crippen LogP contribution in [-0.2, 0) is 13.1 Å². The topological polar surface area (TPSA) is 50.6 Å². The predicted molar refractivity (Wildman–Crippen MR) is 108 cm³/mol. The maximum atomic E-state index is 5.28. The minimum absolute atomic E-state index is 0.640. The number of fused-ring (bicyclic) bond motifs is 1. The zero-order valence-electron chi connectivity index (χ0n) is 15.4. The number of hydrogen-bond donors (Lipinski definition) is 2. The molecule has 0 aliphatic heterocycles. The molecule has 0 fully saturated rings. The van der Waals surface area contributed by atoms with Crippen molar-refractivity contribution in [2.75, 3.05) is 20.2 Å². The fraction of sp³-hybridized carbons (Fsp3) is 0.286. The molecule has 3 aromatic rings. The number of benzene rings is 2. The summed E-state index contributed by atoms with van der Waals surface area (Å²) in [5, 5.41) is 9.05.